The fourth-order valence-electron chi connectivity index (χ4n) is 7.23. The minimum Gasteiger partial charge on any atom is -0.456 e. The second kappa shape index (κ2) is 10.7. The Morgan fingerprint density at radius 2 is 1.02 bits per heavy atom. The molecular formula is C44H27O4P. The van der Waals surface area contributed by atoms with Crippen LogP contribution in [0.25, 0.3) is 54.6 Å². The standard InChI is InChI=1S/C44H27O4P/c45-49(30-11-3-1-4-12-30,31-13-5-2-6-14-31)32-20-22-37-36-21-18-29(26-41(36)47-42(37)27-32)33-16-9-17-38-35(33)23-25-40-44(38)48-43-34-15-8-7-10-28(34)19-24-39(43)46-40/h1-27H. The van der Waals surface area contributed by atoms with Gasteiger partial charge in [0.2, 0.25) is 0 Å². The van der Waals surface area contributed by atoms with Crippen molar-refractivity contribution in [2.75, 3.05) is 0 Å². The second-order valence-electron chi connectivity index (χ2n) is 12.4. The van der Waals surface area contributed by atoms with Crippen molar-refractivity contribution in [1.29, 1.82) is 0 Å². The van der Waals surface area contributed by atoms with E-state index in [0.29, 0.717) is 22.8 Å². The number of furan rings is 1. The third-order valence-electron chi connectivity index (χ3n) is 9.61. The van der Waals surface area contributed by atoms with Gasteiger partial charge in [-0.05, 0) is 70.4 Å². The van der Waals surface area contributed by atoms with E-state index in [1.165, 1.54) is 0 Å². The molecule has 10 rings (SSSR count). The summed E-state index contributed by atoms with van der Waals surface area (Å²) in [4.78, 5) is 0. The predicted molar refractivity (Wildman–Crippen MR) is 200 cm³/mol. The molecule has 0 radical (unpaired) electrons. The Morgan fingerprint density at radius 3 is 1.80 bits per heavy atom. The number of hydrogen-bond donors (Lipinski definition) is 0. The quantitative estimate of drug-likeness (QED) is 0.178. The topological polar surface area (TPSA) is 48.7 Å². The molecule has 0 N–H and O–H groups in total. The molecule has 0 bridgehead atoms. The minimum absolute atomic E-state index is 0.694. The van der Waals surface area contributed by atoms with Gasteiger partial charge in [0, 0.05) is 37.5 Å². The summed E-state index contributed by atoms with van der Waals surface area (Å²) in [5.74, 6) is 2.85. The van der Waals surface area contributed by atoms with E-state index in [-0.39, 0.29) is 0 Å². The molecule has 49 heavy (non-hydrogen) atoms. The molecule has 1 aromatic heterocycles. The van der Waals surface area contributed by atoms with Gasteiger partial charge in [0.25, 0.3) is 0 Å². The molecule has 9 aromatic rings. The van der Waals surface area contributed by atoms with Crippen molar-refractivity contribution in [2.24, 2.45) is 0 Å². The number of hydrogen-bond acceptors (Lipinski definition) is 4. The van der Waals surface area contributed by atoms with Gasteiger partial charge >= 0.3 is 0 Å². The van der Waals surface area contributed by atoms with Gasteiger partial charge in [0.1, 0.15) is 11.2 Å². The molecule has 0 atom stereocenters. The summed E-state index contributed by atoms with van der Waals surface area (Å²) in [5, 5.41) is 8.47. The van der Waals surface area contributed by atoms with E-state index in [4.69, 9.17) is 13.9 Å². The lowest BCUT2D eigenvalue weighted by molar-refractivity contribution is 0.367. The van der Waals surface area contributed by atoms with Gasteiger partial charge in [-0.3, -0.25) is 0 Å². The van der Waals surface area contributed by atoms with Crippen LogP contribution < -0.4 is 25.4 Å². The molecule has 0 fully saturated rings. The summed E-state index contributed by atoms with van der Waals surface area (Å²) >= 11 is 0. The van der Waals surface area contributed by atoms with Gasteiger partial charge < -0.3 is 18.5 Å². The van der Waals surface area contributed by atoms with Crippen molar-refractivity contribution in [3.63, 3.8) is 0 Å². The Labute approximate surface area is 282 Å². The van der Waals surface area contributed by atoms with Crippen LogP contribution in [-0.4, -0.2) is 0 Å². The van der Waals surface area contributed by atoms with E-state index in [9.17, 15) is 0 Å². The summed E-state index contributed by atoms with van der Waals surface area (Å²) in [5.41, 5.74) is 3.57. The van der Waals surface area contributed by atoms with E-state index in [1.807, 2.05) is 103 Å². The van der Waals surface area contributed by atoms with Crippen molar-refractivity contribution in [3.8, 4) is 34.1 Å². The summed E-state index contributed by atoms with van der Waals surface area (Å²) in [6, 6.07) is 54.3. The Hall–Kier alpha value is -6.09. The Kier molecular flexibility index (Phi) is 6.12. The van der Waals surface area contributed by atoms with Gasteiger partial charge in [-0.2, -0.15) is 0 Å². The first-order valence-corrected chi connectivity index (χ1v) is 18.0. The molecular weight excluding hydrogens is 623 g/mol. The van der Waals surface area contributed by atoms with E-state index < -0.39 is 7.14 Å². The third-order valence-corrected chi connectivity index (χ3v) is 12.7. The molecule has 0 spiro atoms. The largest absolute Gasteiger partial charge is 0.456 e. The maximum absolute atomic E-state index is 15.0. The SMILES string of the molecule is O=P(c1ccccc1)(c1ccccc1)c1ccc2c(c1)oc1cc(-c3cccc4c5c(ccc34)Oc3ccc4ccccc4c3O5)ccc12. The van der Waals surface area contributed by atoms with Crippen LogP contribution in [0.2, 0.25) is 0 Å². The summed E-state index contributed by atoms with van der Waals surface area (Å²) in [6.07, 6.45) is 0. The predicted octanol–water partition coefficient (Wildman–Crippen LogP) is 11.1. The molecule has 5 heteroatoms. The second-order valence-corrected chi connectivity index (χ2v) is 15.2. The van der Waals surface area contributed by atoms with Gasteiger partial charge in [-0.25, -0.2) is 0 Å². The van der Waals surface area contributed by atoms with Crippen molar-refractivity contribution in [1.82, 2.24) is 0 Å². The summed E-state index contributed by atoms with van der Waals surface area (Å²) in [7, 11) is -3.13. The lowest BCUT2D eigenvalue weighted by Crippen LogP contribution is -2.24. The zero-order valence-electron chi connectivity index (χ0n) is 26.2. The Balaban J connectivity index is 1.08. The minimum atomic E-state index is -3.13. The zero-order valence-corrected chi connectivity index (χ0v) is 27.1. The maximum Gasteiger partial charge on any atom is 0.178 e. The first-order chi connectivity index (χ1) is 24.1. The average molecular weight is 651 g/mol. The lowest BCUT2D eigenvalue weighted by atomic mass is 9.96. The third kappa shape index (κ3) is 4.28. The van der Waals surface area contributed by atoms with Crippen LogP contribution in [0.4, 0.5) is 0 Å². The van der Waals surface area contributed by atoms with E-state index in [1.54, 1.807) is 0 Å². The van der Waals surface area contributed by atoms with Gasteiger partial charge in [0.05, 0.1) is 0 Å². The highest BCUT2D eigenvalue weighted by Crippen LogP contribution is 2.52. The van der Waals surface area contributed by atoms with Crippen LogP contribution in [0.1, 0.15) is 0 Å². The van der Waals surface area contributed by atoms with Crippen molar-refractivity contribution in [3.05, 3.63) is 164 Å². The normalized spacial score (nSPS) is 12.5. The summed E-state index contributed by atoms with van der Waals surface area (Å²) in [6.45, 7) is 0. The average Bonchev–Trinajstić information content (AvgIpc) is 3.54. The van der Waals surface area contributed by atoms with Gasteiger partial charge in [-0.15, -0.1) is 0 Å². The fraction of sp³-hybridized carbons (Fsp3) is 0. The van der Waals surface area contributed by atoms with Crippen LogP contribution in [0.5, 0.6) is 23.0 Å². The van der Waals surface area contributed by atoms with Crippen LogP contribution in [0, 0.1) is 0 Å². The van der Waals surface area contributed by atoms with Crippen LogP contribution in [0.15, 0.2) is 168 Å². The monoisotopic (exact) mass is 650 g/mol. The number of benzene rings is 8. The van der Waals surface area contributed by atoms with Gasteiger partial charge in [0.15, 0.2) is 30.1 Å². The molecule has 8 aromatic carbocycles. The molecule has 1 aliphatic rings. The number of rotatable bonds is 4. The highest BCUT2D eigenvalue weighted by atomic mass is 31.2. The fourth-order valence-corrected chi connectivity index (χ4v) is 9.89. The smallest absolute Gasteiger partial charge is 0.178 e. The molecule has 0 amide bonds. The summed E-state index contributed by atoms with van der Waals surface area (Å²) < 4.78 is 34.6. The molecule has 0 saturated heterocycles. The van der Waals surface area contributed by atoms with Crippen molar-refractivity contribution >= 4 is 66.5 Å². The van der Waals surface area contributed by atoms with E-state index in [2.05, 4.69) is 60.7 Å². The van der Waals surface area contributed by atoms with Gasteiger partial charge in [-0.1, -0.05) is 115 Å². The molecule has 0 saturated carbocycles. The van der Waals surface area contributed by atoms with E-state index >= 15 is 4.57 Å². The molecule has 1 aliphatic heterocycles. The molecule has 232 valence electrons. The molecule has 0 unspecified atom stereocenters. The van der Waals surface area contributed by atoms with Crippen LogP contribution in [0.3, 0.4) is 0 Å². The highest BCUT2D eigenvalue weighted by Gasteiger charge is 2.30. The number of fused-ring (bicyclic) bond motifs is 9. The van der Waals surface area contributed by atoms with Crippen molar-refractivity contribution in [2.45, 2.75) is 0 Å². The highest BCUT2D eigenvalue weighted by molar-refractivity contribution is 7.85. The van der Waals surface area contributed by atoms with E-state index in [0.717, 1.165) is 70.7 Å². The Morgan fingerprint density at radius 1 is 0.408 bits per heavy atom. The molecule has 4 nitrogen and oxygen atoms in total. The first kappa shape index (κ1) is 28.0. The zero-order chi connectivity index (χ0) is 32.5. The maximum atomic E-state index is 15.0. The Bertz CT molecular complexity index is 2760. The first-order valence-electron chi connectivity index (χ1n) is 16.3. The van der Waals surface area contributed by atoms with Crippen LogP contribution in [-0.2, 0) is 4.57 Å². The van der Waals surface area contributed by atoms with Crippen molar-refractivity contribution < 1.29 is 18.5 Å². The molecule has 2 heterocycles. The van der Waals surface area contributed by atoms with Crippen LogP contribution >= 0.6 is 7.14 Å². The number of ether oxygens (including phenoxy) is 2. The lowest BCUT2D eigenvalue weighted by Gasteiger charge is -2.23. The molecule has 0 aliphatic carbocycles.